The van der Waals surface area contributed by atoms with E-state index in [1.807, 2.05) is 0 Å². The van der Waals surface area contributed by atoms with Crippen LogP contribution < -0.4 is 10.6 Å². The van der Waals surface area contributed by atoms with Gasteiger partial charge in [0.25, 0.3) is 0 Å². The topological polar surface area (TPSA) is 29.3 Å². The first-order valence-corrected chi connectivity index (χ1v) is 8.20. The quantitative estimate of drug-likeness (QED) is 0.769. The van der Waals surface area contributed by atoms with Gasteiger partial charge in [-0.3, -0.25) is 0 Å². The minimum Gasteiger partial charge on any atom is -0.371 e. The smallest absolute Gasteiger partial charge is 0.0400 e. The zero-order valence-electron chi connectivity index (χ0n) is 12.5. The summed E-state index contributed by atoms with van der Waals surface area (Å²) in [4.78, 5) is 2.49. The first-order chi connectivity index (χ1) is 9.12. The average Bonchev–Trinajstić information content (AvgIpc) is 2.39. The van der Waals surface area contributed by atoms with Crippen LogP contribution in [0.15, 0.2) is 22.7 Å². The van der Waals surface area contributed by atoms with Gasteiger partial charge in [0, 0.05) is 29.3 Å². The van der Waals surface area contributed by atoms with Crippen LogP contribution in [-0.2, 0) is 6.42 Å². The molecule has 2 N–H and O–H groups in total. The molecule has 2 nitrogen and oxygen atoms in total. The SMILES string of the molecule is CCCN(CCC)c1ccc(Br)cc1CC(N)CC. The lowest BCUT2D eigenvalue weighted by atomic mass is 10.0. The monoisotopic (exact) mass is 326 g/mol. The standard InChI is InChI=1S/C16H27BrN2/c1-4-9-19(10-5-2)16-8-7-14(17)11-13(16)12-15(18)6-3/h7-8,11,15H,4-6,9-10,12,18H2,1-3H3. The second-order valence-corrected chi connectivity index (χ2v) is 6.05. The third-order valence-corrected chi connectivity index (χ3v) is 3.87. The molecule has 0 fully saturated rings. The van der Waals surface area contributed by atoms with E-state index >= 15 is 0 Å². The highest BCUT2D eigenvalue weighted by Crippen LogP contribution is 2.26. The molecule has 0 radical (unpaired) electrons. The number of hydrogen-bond donors (Lipinski definition) is 1. The van der Waals surface area contributed by atoms with Gasteiger partial charge < -0.3 is 10.6 Å². The first-order valence-electron chi connectivity index (χ1n) is 7.41. The van der Waals surface area contributed by atoms with Crippen molar-refractivity contribution in [2.45, 2.75) is 52.5 Å². The van der Waals surface area contributed by atoms with Gasteiger partial charge in [0.2, 0.25) is 0 Å². The van der Waals surface area contributed by atoms with Crippen LogP contribution in [0.3, 0.4) is 0 Å². The number of hydrogen-bond acceptors (Lipinski definition) is 2. The summed E-state index contributed by atoms with van der Waals surface area (Å²) in [5.41, 5.74) is 8.86. The molecule has 0 saturated heterocycles. The molecular weight excluding hydrogens is 300 g/mol. The fourth-order valence-electron chi connectivity index (χ4n) is 2.35. The third-order valence-electron chi connectivity index (χ3n) is 3.38. The van der Waals surface area contributed by atoms with Gasteiger partial charge in [-0.1, -0.05) is 36.7 Å². The largest absolute Gasteiger partial charge is 0.371 e. The average molecular weight is 327 g/mol. The van der Waals surface area contributed by atoms with Crippen LogP contribution in [0.4, 0.5) is 5.69 Å². The predicted octanol–water partition coefficient (Wildman–Crippen LogP) is 4.36. The molecule has 19 heavy (non-hydrogen) atoms. The Bertz CT molecular complexity index is 373. The Morgan fingerprint density at radius 2 is 1.79 bits per heavy atom. The van der Waals surface area contributed by atoms with E-state index in [0.29, 0.717) is 0 Å². The van der Waals surface area contributed by atoms with Crippen molar-refractivity contribution in [2.75, 3.05) is 18.0 Å². The van der Waals surface area contributed by atoms with Crippen LogP contribution in [-0.4, -0.2) is 19.1 Å². The van der Waals surface area contributed by atoms with E-state index in [2.05, 4.69) is 59.8 Å². The Morgan fingerprint density at radius 3 is 2.32 bits per heavy atom. The summed E-state index contributed by atoms with van der Waals surface area (Å²) in [5, 5.41) is 0. The molecule has 1 unspecified atom stereocenters. The Balaban J connectivity index is 3.01. The summed E-state index contributed by atoms with van der Waals surface area (Å²) in [6.45, 7) is 8.85. The predicted molar refractivity (Wildman–Crippen MR) is 88.9 cm³/mol. The molecule has 0 aliphatic heterocycles. The number of nitrogens with zero attached hydrogens (tertiary/aromatic N) is 1. The normalized spacial score (nSPS) is 12.5. The Hall–Kier alpha value is -0.540. The lowest BCUT2D eigenvalue weighted by Gasteiger charge is -2.27. The minimum absolute atomic E-state index is 0.248. The number of benzene rings is 1. The molecule has 0 amide bonds. The number of rotatable bonds is 8. The van der Waals surface area contributed by atoms with Crippen LogP contribution in [0, 0.1) is 0 Å². The molecule has 0 saturated carbocycles. The van der Waals surface area contributed by atoms with Gasteiger partial charge in [-0.15, -0.1) is 0 Å². The van der Waals surface area contributed by atoms with E-state index in [9.17, 15) is 0 Å². The molecular formula is C16H27BrN2. The first kappa shape index (κ1) is 16.5. The van der Waals surface area contributed by atoms with Gasteiger partial charge in [0.05, 0.1) is 0 Å². The van der Waals surface area contributed by atoms with Gasteiger partial charge in [0.1, 0.15) is 0 Å². The van der Waals surface area contributed by atoms with Crippen molar-refractivity contribution in [3.8, 4) is 0 Å². The molecule has 0 heterocycles. The highest BCUT2D eigenvalue weighted by molar-refractivity contribution is 9.10. The maximum atomic E-state index is 6.14. The summed E-state index contributed by atoms with van der Waals surface area (Å²) >= 11 is 3.58. The van der Waals surface area contributed by atoms with Gasteiger partial charge in [0.15, 0.2) is 0 Å². The minimum atomic E-state index is 0.248. The van der Waals surface area contributed by atoms with Crippen molar-refractivity contribution < 1.29 is 0 Å². The van der Waals surface area contributed by atoms with E-state index in [1.165, 1.54) is 24.1 Å². The molecule has 0 aliphatic rings. The fraction of sp³-hybridized carbons (Fsp3) is 0.625. The molecule has 3 heteroatoms. The Labute approximate surface area is 126 Å². The van der Waals surface area contributed by atoms with Crippen LogP contribution in [0.25, 0.3) is 0 Å². The van der Waals surface area contributed by atoms with Crippen molar-refractivity contribution in [1.29, 1.82) is 0 Å². The molecule has 1 rings (SSSR count). The maximum Gasteiger partial charge on any atom is 0.0400 e. The number of nitrogens with two attached hydrogens (primary N) is 1. The van der Waals surface area contributed by atoms with Crippen molar-refractivity contribution in [2.24, 2.45) is 5.73 Å². The van der Waals surface area contributed by atoms with Crippen molar-refractivity contribution >= 4 is 21.6 Å². The van der Waals surface area contributed by atoms with Gasteiger partial charge in [-0.2, -0.15) is 0 Å². The van der Waals surface area contributed by atoms with Gasteiger partial charge in [-0.25, -0.2) is 0 Å². The highest BCUT2D eigenvalue weighted by atomic mass is 79.9. The summed E-state index contributed by atoms with van der Waals surface area (Å²) in [6, 6.07) is 6.84. The highest BCUT2D eigenvalue weighted by Gasteiger charge is 2.12. The maximum absolute atomic E-state index is 6.14. The van der Waals surface area contributed by atoms with Crippen molar-refractivity contribution in [3.63, 3.8) is 0 Å². The van der Waals surface area contributed by atoms with E-state index in [4.69, 9.17) is 5.73 Å². The van der Waals surface area contributed by atoms with Gasteiger partial charge >= 0.3 is 0 Å². The second-order valence-electron chi connectivity index (χ2n) is 5.13. The summed E-state index contributed by atoms with van der Waals surface area (Å²) in [6.07, 6.45) is 4.33. The second kappa shape index (κ2) is 8.60. The molecule has 0 aromatic heterocycles. The molecule has 0 aliphatic carbocycles. The Morgan fingerprint density at radius 1 is 1.16 bits per heavy atom. The lowest BCUT2D eigenvalue weighted by Crippen LogP contribution is -2.28. The van der Waals surface area contributed by atoms with E-state index < -0.39 is 0 Å². The van der Waals surface area contributed by atoms with Crippen molar-refractivity contribution in [3.05, 3.63) is 28.2 Å². The molecule has 1 atom stereocenters. The zero-order chi connectivity index (χ0) is 14.3. The zero-order valence-corrected chi connectivity index (χ0v) is 14.0. The number of halogens is 1. The fourth-order valence-corrected chi connectivity index (χ4v) is 2.75. The van der Waals surface area contributed by atoms with Crippen LogP contribution in [0.5, 0.6) is 0 Å². The van der Waals surface area contributed by atoms with Gasteiger partial charge in [-0.05, 0) is 49.4 Å². The summed E-state index contributed by atoms with van der Waals surface area (Å²) in [5.74, 6) is 0. The van der Waals surface area contributed by atoms with Crippen LogP contribution in [0.1, 0.15) is 45.6 Å². The third kappa shape index (κ3) is 5.15. The molecule has 0 spiro atoms. The Kier molecular flexibility index (Phi) is 7.47. The van der Waals surface area contributed by atoms with Crippen LogP contribution in [0.2, 0.25) is 0 Å². The summed E-state index contributed by atoms with van der Waals surface area (Å²) < 4.78 is 1.14. The van der Waals surface area contributed by atoms with E-state index in [1.54, 1.807) is 0 Å². The van der Waals surface area contributed by atoms with E-state index in [0.717, 1.165) is 30.4 Å². The number of anilines is 1. The van der Waals surface area contributed by atoms with Crippen LogP contribution >= 0.6 is 15.9 Å². The molecule has 1 aromatic carbocycles. The molecule has 1 aromatic rings. The molecule has 108 valence electrons. The van der Waals surface area contributed by atoms with Crippen molar-refractivity contribution in [1.82, 2.24) is 0 Å². The van der Waals surface area contributed by atoms with E-state index in [-0.39, 0.29) is 6.04 Å². The summed E-state index contributed by atoms with van der Waals surface area (Å²) in [7, 11) is 0. The lowest BCUT2D eigenvalue weighted by molar-refractivity contribution is 0.642. The molecule has 0 bridgehead atoms.